The Hall–Kier alpha value is -2.57. The fourth-order valence-electron chi connectivity index (χ4n) is 3.25. The first-order valence-electron chi connectivity index (χ1n) is 8.87. The second kappa shape index (κ2) is 7.58. The van der Waals surface area contributed by atoms with E-state index in [1.165, 1.54) is 6.26 Å². The zero-order valence-corrected chi connectivity index (χ0v) is 15.8. The predicted octanol–water partition coefficient (Wildman–Crippen LogP) is 3.85. The molecule has 1 fully saturated rings. The molecule has 2 aromatic heterocycles. The lowest BCUT2D eigenvalue weighted by Crippen LogP contribution is -2.48. The summed E-state index contributed by atoms with van der Waals surface area (Å²) in [7, 11) is 0. The van der Waals surface area contributed by atoms with Crippen LogP contribution < -0.4 is 0 Å². The Morgan fingerprint density at radius 1 is 1.15 bits per heavy atom. The van der Waals surface area contributed by atoms with E-state index in [4.69, 9.17) is 20.4 Å². The molecule has 7 heteroatoms. The van der Waals surface area contributed by atoms with E-state index in [0.29, 0.717) is 36.3 Å². The molecule has 140 valence electrons. The third-order valence-electron chi connectivity index (χ3n) is 4.70. The molecule has 3 aromatic rings. The van der Waals surface area contributed by atoms with E-state index in [0.717, 1.165) is 30.1 Å². The summed E-state index contributed by atoms with van der Waals surface area (Å²) in [6, 6.07) is 11.0. The summed E-state index contributed by atoms with van der Waals surface area (Å²) in [6.07, 6.45) is 1.52. The molecule has 0 N–H and O–H groups in total. The molecule has 0 aliphatic carbocycles. The number of oxazole rings is 1. The number of aromatic nitrogens is 1. The molecule has 0 atom stereocenters. The van der Waals surface area contributed by atoms with Gasteiger partial charge in [0.2, 0.25) is 5.89 Å². The van der Waals surface area contributed by atoms with Crippen molar-refractivity contribution in [3.8, 4) is 11.3 Å². The van der Waals surface area contributed by atoms with Crippen LogP contribution in [-0.4, -0.2) is 46.9 Å². The van der Waals surface area contributed by atoms with Gasteiger partial charge in [-0.15, -0.1) is 0 Å². The average Bonchev–Trinajstić information content (AvgIpc) is 3.33. The molecule has 4 rings (SSSR count). The van der Waals surface area contributed by atoms with E-state index in [1.807, 2.05) is 36.1 Å². The Morgan fingerprint density at radius 2 is 1.89 bits per heavy atom. The quantitative estimate of drug-likeness (QED) is 0.682. The molecule has 1 aromatic carbocycles. The first kappa shape index (κ1) is 17.8. The van der Waals surface area contributed by atoms with Crippen molar-refractivity contribution >= 4 is 17.5 Å². The van der Waals surface area contributed by atoms with Crippen molar-refractivity contribution in [1.82, 2.24) is 14.8 Å². The summed E-state index contributed by atoms with van der Waals surface area (Å²) in [6.45, 7) is 5.41. The molecule has 3 heterocycles. The second-order valence-corrected chi connectivity index (χ2v) is 7.01. The van der Waals surface area contributed by atoms with Crippen LogP contribution >= 0.6 is 11.6 Å². The molecule has 27 heavy (non-hydrogen) atoms. The second-order valence-electron chi connectivity index (χ2n) is 6.57. The van der Waals surface area contributed by atoms with E-state index in [2.05, 4.69) is 9.88 Å². The molecule has 1 amide bonds. The Labute approximate surface area is 162 Å². The Morgan fingerprint density at radius 3 is 2.56 bits per heavy atom. The van der Waals surface area contributed by atoms with E-state index < -0.39 is 0 Å². The van der Waals surface area contributed by atoms with Gasteiger partial charge in [0.25, 0.3) is 5.91 Å². The Balaban J connectivity index is 1.37. The SMILES string of the molecule is Cc1nc(CN2CCN(C(=O)c3ccco3)CC2)oc1-c1ccc(Cl)cc1. The monoisotopic (exact) mass is 385 g/mol. The number of halogens is 1. The van der Waals surface area contributed by atoms with E-state index in [-0.39, 0.29) is 5.91 Å². The highest BCUT2D eigenvalue weighted by Gasteiger charge is 2.24. The summed E-state index contributed by atoms with van der Waals surface area (Å²) >= 11 is 5.95. The van der Waals surface area contributed by atoms with Gasteiger partial charge in [-0.1, -0.05) is 11.6 Å². The van der Waals surface area contributed by atoms with Crippen molar-refractivity contribution < 1.29 is 13.6 Å². The van der Waals surface area contributed by atoms with Gasteiger partial charge in [-0.2, -0.15) is 0 Å². The summed E-state index contributed by atoms with van der Waals surface area (Å²) in [5.74, 6) is 1.78. The number of amides is 1. The number of aryl methyl sites for hydroxylation is 1. The fraction of sp³-hybridized carbons (Fsp3) is 0.300. The van der Waals surface area contributed by atoms with Gasteiger partial charge in [-0.25, -0.2) is 4.98 Å². The topological polar surface area (TPSA) is 62.7 Å². The summed E-state index contributed by atoms with van der Waals surface area (Å²) in [5, 5.41) is 0.693. The maximum atomic E-state index is 12.3. The maximum Gasteiger partial charge on any atom is 0.289 e. The highest BCUT2D eigenvalue weighted by atomic mass is 35.5. The van der Waals surface area contributed by atoms with Crippen LogP contribution in [0.15, 0.2) is 51.5 Å². The van der Waals surface area contributed by atoms with Crippen LogP contribution in [-0.2, 0) is 6.54 Å². The number of furan rings is 1. The maximum absolute atomic E-state index is 12.3. The fourth-order valence-corrected chi connectivity index (χ4v) is 3.37. The summed E-state index contributed by atoms with van der Waals surface area (Å²) in [5.41, 5.74) is 1.82. The molecule has 6 nitrogen and oxygen atoms in total. The minimum absolute atomic E-state index is 0.0587. The van der Waals surface area contributed by atoms with Crippen LogP contribution in [0.3, 0.4) is 0 Å². The number of hydrogen-bond acceptors (Lipinski definition) is 5. The third-order valence-corrected chi connectivity index (χ3v) is 4.95. The standard InChI is InChI=1S/C20H20ClN3O3/c1-14-19(15-4-6-16(21)7-5-15)27-18(22-14)13-23-8-10-24(11-9-23)20(25)17-3-2-12-26-17/h2-7,12H,8-11,13H2,1H3. The van der Waals surface area contributed by atoms with Gasteiger partial charge in [0.1, 0.15) is 0 Å². The number of carbonyl (C=O) groups is 1. The molecule has 1 aliphatic rings. The predicted molar refractivity (Wildman–Crippen MR) is 102 cm³/mol. The Kier molecular flexibility index (Phi) is 5.01. The number of rotatable bonds is 4. The van der Waals surface area contributed by atoms with Crippen LogP contribution in [0.4, 0.5) is 0 Å². The minimum atomic E-state index is -0.0587. The smallest absolute Gasteiger partial charge is 0.289 e. The lowest BCUT2D eigenvalue weighted by molar-refractivity contribution is 0.0588. The first-order chi connectivity index (χ1) is 13.1. The van der Waals surface area contributed by atoms with Crippen molar-refractivity contribution in [2.24, 2.45) is 0 Å². The number of piperazine rings is 1. The molecule has 0 spiro atoms. The van der Waals surface area contributed by atoms with Crippen molar-refractivity contribution in [3.63, 3.8) is 0 Å². The molecular formula is C20H20ClN3O3. The van der Waals surface area contributed by atoms with Crippen LogP contribution in [0.2, 0.25) is 5.02 Å². The normalized spacial score (nSPS) is 15.3. The molecule has 0 radical (unpaired) electrons. The number of hydrogen-bond donors (Lipinski definition) is 0. The van der Waals surface area contributed by atoms with Crippen molar-refractivity contribution in [3.05, 3.63) is 65.0 Å². The zero-order valence-electron chi connectivity index (χ0n) is 15.0. The first-order valence-corrected chi connectivity index (χ1v) is 9.25. The van der Waals surface area contributed by atoms with Gasteiger partial charge in [0.15, 0.2) is 11.5 Å². The van der Waals surface area contributed by atoms with Crippen molar-refractivity contribution in [1.29, 1.82) is 0 Å². The minimum Gasteiger partial charge on any atom is -0.459 e. The highest BCUT2D eigenvalue weighted by molar-refractivity contribution is 6.30. The van der Waals surface area contributed by atoms with Gasteiger partial charge < -0.3 is 13.7 Å². The molecule has 0 unspecified atom stereocenters. The van der Waals surface area contributed by atoms with Crippen molar-refractivity contribution in [2.75, 3.05) is 26.2 Å². The lowest BCUT2D eigenvalue weighted by Gasteiger charge is -2.33. The largest absolute Gasteiger partial charge is 0.459 e. The van der Waals surface area contributed by atoms with Gasteiger partial charge in [0, 0.05) is 36.8 Å². The third kappa shape index (κ3) is 3.91. The summed E-state index contributed by atoms with van der Waals surface area (Å²) in [4.78, 5) is 20.9. The molecule has 1 aliphatic heterocycles. The van der Waals surface area contributed by atoms with E-state index in [9.17, 15) is 4.79 Å². The van der Waals surface area contributed by atoms with Crippen LogP contribution in [0.5, 0.6) is 0 Å². The van der Waals surface area contributed by atoms with Gasteiger partial charge in [0.05, 0.1) is 18.5 Å². The van der Waals surface area contributed by atoms with Gasteiger partial charge >= 0.3 is 0 Å². The molecule has 0 bridgehead atoms. The van der Waals surface area contributed by atoms with E-state index >= 15 is 0 Å². The number of benzene rings is 1. The molecular weight excluding hydrogens is 366 g/mol. The Bertz CT molecular complexity index is 911. The number of carbonyl (C=O) groups excluding carboxylic acids is 1. The average molecular weight is 386 g/mol. The van der Waals surface area contributed by atoms with Gasteiger partial charge in [-0.3, -0.25) is 9.69 Å². The highest BCUT2D eigenvalue weighted by Crippen LogP contribution is 2.26. The van der Waals surface area contributed by atoms with Crippen LogP contribution in [0, 0.1) is 6.92 Å². The molecule has 0 saturated carbocycles. The molecule has 1 saturated heterocycles. The van der Waals surface area contributed by atoms with E-state index in [1.54, 1.807) is 12.1 Å². The van der Waals surface area contributed by atoms with Crippen LogP contribution in [0.1, 0.15) is 22.1 Å². The van der Waals surface area contributed by atoms with Gasteiger partial charge in [-0.05, 0) is 43.3 Å². The number of nitrogens with zero attached hydrogens (tertiary/aromatic N) is 3. The van der Waals surface area contributed by atoms with Crippen molar-refractivity contribution in [2.45, 2.75) is 13.5 Å². The zero-order chi connectivity index (χ0) is 18.8. The lowest BCUT2D eigenvalue weighted by atomic mass is 10.1. The van der Waals surface area contributed by atoms with Crippen LogP contribution in [0.25, 0.3) is 11.3 Å². The summed E-state index contributed by atoms with van der Waals surface area (Å²) < 4.78 is 11.2.